The lowest BCUT2D eigenvalue weighted by molar-refractivity contribution is 0.826. The van der Waals surface area contributed by atoms with Gasteiger partial charge in [-0.15, -0.1) is 0 Å². The van der Waals surface area contributed by atoms with Gasteiger partial charge in [0.2, 0.25) is 0 Å². The number of hydrogen-bond acceptors (Lipinski definition) is 2. The monoisotopic (exact) mass is 175 g/mol. The summed E-state index contributed by atoms with van der Waals surface area (Å²) >= 11 is 0. The molecule has 0 aromatic carbocycles. The van der Waals surface area contributed by atoms with E-state index in [1.54, 1.807) is 0 Å². The van der Waals surface area contributed by atoms with E-state index in [-0.39, 0.29) is 6.04 Å². The molecule has 0 saturated heterocycles. The van der Waals surface area contributed by atoms with Crippen molar-refractivity contribution in [2.24, 2.45) is 5.73 Å². The highest BCUT2D eigenvalue weighted by molar-refractivity contribution is 5.56. The maximum Gasteiger partial charge on any atom is 0.0711 e. The first-order valence-corrected chi connectivity index (χ1v) is 4.38. The molecule has 2 heterocycles. The van der Waals surface area contributed by atoms with Crippen molar-refractivity contribution in [1.82, 2.24) is 9.61 Å². The molecule has 2 aromatic rings. The SMILES string of the molecule is Cc1ccn2ncc(C(C)N)c2c1. The van der Waals surface area contributed by atoms with E-state index in [4.69, 9.17) is 5.73 Å². The Morgan fingerprint density at radius 2 is 2.31 bits per heavy atom. The number of nitrogens with zero attached hydrogens (tertiary/aromatic N) is 2. The van der Waals surface area contributed by atoms with E-state index in [1.807, 2.05) is 29.9 Å². The van der Waals surface area contributed by atoms with E-state index < -0.39 is 0 Å². The van der Waals surface area contributed by atoms with Crippen molar-refractivity contribution >= 4 is 5.52 Å². The third-order valence-electron chi connectivity index (χ3n) is 2.20. The largest absolute Gasteiger partial charge is 0.324 e. The fraction of sp³-hybridized carbons (Fsp3) is 0.300. The molecule has 0 saturated carbocycles. The Balaban J connectivity index is 2.71. The minimum absolute atomic E-state index is 0.0410. The molecule has 3 nitrogen and oxygen atoms in total. The van der Waals surface area contributed by atoms with Gasteiger partial charge in [0, 0.05) is 17.8 Å². The first-order valence-electron chi connectivity index (χ1n) is 4.38. The van der Waals surface area contributed by atoms with E-state index in [0.717, 1.165) is 11.1 Å². The fourth-order valence-corrected chi connectivity index (χ4v) is 1.46. The van der Waals surface area contributed by atoms with E-state index in [0.29, 0.717) is 0 Å². The van der Waals surface area contributed by atoms with Gasteiger partial charge in [-0.1, -0.05) is 0 Å². The second-order valence-corrected chi connectivity index (χ2v) is 3.42. The minimum Gasteiger partial charge on any atom is -0.324 e. The summed E-state index contributed by atoms with van der Waals surface area (Å²) in [5.74, 6) is 0. The summed E-state index contributed by atoms with van der Waals surface area (Å²) in [5.41, 5.74) is 9.26. The Morgan fingerprint density at radius 3 is 3.00 bits per heavy atom. The summed E-state index contributed by atoms with van der Waals surface area (Å²) in [4.78, 5) is 0. The van der Waals surface area contributed by atoms with E-state index >= 15 is 0 Å². The number of aryl methyl sites for hydroxylation is 1. The third-order valence-corrected chi connectivity index (χ3v) is 2.20. The molecule has 0 fully saturated rings. The molecule has 2 N–H and O–H groups in total. The summed E-state index contributed by atoms with van der Waals surface area (Å²) in [7, 11) is 0. The average Bonchev–Trinajstić information content (AvgIpc) is 2.46. The van der Waals surface area contributed by atoms with Gasteiger partial charge in [-0.05, 0) is 31.5 Å². The van der Waals surface area contributed by atoms with Crippen LogP contribution in [0.3, 0.4) is 0 Å². The van der Waals surface area contributed by atoms with Crippen molar-refractivity contribution in [3.05, 3.63) is 35.7 Å². The van der Waals surface area contributed by atoms with Crippen molar-refractivity contribution in [2.75, 3.05) is 0 Å². The lowest BCUT2D eigenvalue weighted by Crippen LogP contribution is -2.04. The van der Waals surface area contributed by atoms with Crippen LogP contribution in [0.5, 0.6) is 0 Å². The van der Waals surface area contributed by atoms with E-state index in [1.165, 1.54) is 5.56 Å². The molecule has 68 valence electrons. The second-order valence-electron chi connectivity index (χ2n) is 3.42. The van der Waals surface area contributed by atoms with Crippen molar-refractivity contribution in [1.29, 1.82) is 0 Å². The number of rotatable bonds is 1. The Morgan fingerprint density at radius 1 is 1.54 bits per heavy atom. The molecule has 2 aromatic heterocycles. The summed E-state index contributed by atoms with van der Waals surface area (Å²) in [6.45, 7) is 4.04. The van der Waals surface area contributed by atoms with Crippen LogP contribution in [-0.4, -0.2) is 9.61 Å². The molecule has 0 aliphatic carbocycles. The van der Waals surface area contributed by atoms with Crippen LogP contribution in [-0.2, 0) is 0 Å². The maximum atomic E-state index is 5.82. The van der Waals surface area contributed by atoms with Gasteiger partial charge >= 0.3 is 0 Å². The molecular formula is C10H13N3. The van der Waals surface area contributed by atoms with Gasteiger partial charge in [0.05, 0.1) is 11.7 Å². The summed E-state index contributed by atoms with van der Waals surface area (Å²) in [6, 6.07) is 4.18. The zero-order chi connectivity index (χ0) is 9.42. The first kappa shape index (κ1) is 8.26. The minimum atomic E-state index is 0.0410. The van der Waals surface area contributed by atoms with E-state index in [2.05, 4.69) is 18.1 Å². The van der Waals surface area contributed by atoms with Crippen LogP contribution in [0.25, 0.3) is 5.52 Å². The predicted molar refractivity (Wildman–Crippen MR) is 52.5 cm³/mol. The molecule has 0 spiro atoms. The fourth-order valence-electron chi connectivity index (χ4n) is 1.46. The molecule has 3 heteroatoms. The van der Waals surface area contributed by atoms with Crippen molar-refractivity contribution in [2.45, 2.75) is 19.9 Å². The van der Waals surface area contributed by atoms with Gasteiger partial charge < -0.3 is 5.73 Å². The van der Waals surface area contributed by atoms with Crippen LogP contribution in [0.1, 0.15) is 24.1 Å². The van der Waals surface area contributed by atoms with Crippen LogP contribution >= 0.6 is 0 Å². The highest BCUT2D eigenvalue weighted by atomic mass is 15.2. The van der Waals surface area contributed by atoms with Crippen LogP contribution in [0, 0.1) is 6.92 Å². The van der Waals surface area contributed by atoms with Crippen LogP contribution < -0.4 is 5.73 Å². The molecule has 0 aliphatic heterocycles. The van der Waals surface area contributed by atoms with Gasteiger partial charge in [0.1, 0.15) is 0 Å². The molecule has 0 bridgehead atoms. The summed E-state index contributed by atoms with van der Waals surface area (Å²) in [5, 5.41) is 4.22. The molecule has 2 rings (SSSR count). The predicted octanol–water partition coefficient (Wildman–Crippen LogP) is 1.66. The highest BCUT2D eigenvalue weighted by Crippen LogP contribution is 2.17. The van der Waals surface area contributed by atoms with Gasteiger partial charge in [-0.2, -0.15) is 5.10 Å². The highest BCUT2D eigenvalue weighted by Gasteiger charge is 2.06. The molecule has 13 heavy (non-hydrogen) atoms. The molecule has 1 atom stereocenters. The lowest BCUT2D eigenvalue weighted by atomic mass is 10.1. The zero-order valence-corrected chi connectivity index (χ0v) is 7.86. The number of pyridine rings is 1. The van der Waals surface area contributed by atoms with Gasteiger partial charge in [0.25, 0.3) is 0 Å². The quantitative estimate of drug-likeness (QED) is 0.716. The molecule has 0 radical (unpaired) electrons. The van der Waals surface area contributed by atoms with Gasteiger partial charge in [-0.3, -0.25) is 0 Å². The standard InChI is InChI=1S/C10H13N3/c1-7-3-4-13-10(5-7)9(6-12-13)8(2)11/h3-6,8H,11H2,1-2H3. The van der Waals surface area contributed by atoms with Crippen LogP contribution in [0.2, 0.25) is 0 Å². The second kappa shape index (κ2) is 2.85. The normalized spacial score (nSPS) is 13.5. The molecule has 0 amide bonds. The average molecular weight is 175 g/mol. The Kier molecular flexibility index (Phi) is 1.81. The number of fused-ring (bicyclic) bond motifs is 1. The Labute approximate surface area is 77.2 Å². The Hall–Kier alpha value is -1.35. The van der Waals surface area contributed by atoms with Crippen LogP contribution in [0.15, 0.2) is 24.5 Å². The first-order chi connectivity index (χ1) is 6.18. The maximum absolute atomic E-state index is 5.82. The Bertz CT molecular complexity index is 429. The summed E-state index contributed by atoms with van der Waals surface area (Å²) in [6.07, 6.45) is 3.79. The van der Waals surface area contributed by atoms with Crippen molar-refractivity contribution in [3.8, 4) is 0 Å². The number of aromatic nitrogens is 2. The van der Waals surface area contributed by atoms with Crippen molar-refractivity contribution < 1.29 is 0 Å². The van der Waals surface area contributed by atoms with Crippen LogP contribution in [0.4, 0.5) is 0 Å². The third kappa shape index (κ3) is 1.31. The van der Waals surface area contributed by atoms with Crippen molar-refractivity contribution in [3.63, 3.8) is 0 Å². The van der Waals surface area contributed by atoms with E-state index in [9.17, 15) is 0 Å². The molecule has 0 aliphatic rings. The molecular weight excluding hydrogens is 162 g/mol. The number of hydrogen-bond donors (Lipinski definition) is 1. The summed E-state index contributed by atoms with van der Waals surface area (Å²) < 4.78 is 1.85. The zero-order valence-electron chi connectivity index (χ0n) is 7.86. The smallest absolute Gasteiger partial charge is 0.0711 e. The van der Waals surface area contributed by atoms with Gasteiger partial charge in [0.15, 0.2) is 0 Å². The topological polar surface area (TPSA) is 43.3 Å². The molecule has 1 unspecified atom stereocenters. The number of nitrogens with two attached hydrogens (primary N) is 1. The lowest BCUT2D eigenvalue weighted by Gasteiger charge is -2.02. The van der Waals surface area contributed by atoms with Gasteiger partial charge in [-0.25, -0.2) is 4.52 Å².